The first-order valence-electron chi connectivity index (χ1n) is 7.69. The van der Waals surface area contributed by atoms with E-state index in [2.05, 4.69) is 10.3 Å². The smallest absolute Gasteiger partial charge is 0.422 e. The summed E-state index contributed by atoms with van der Waals surface area (Å²) in [6.45, 7) is 1.24. The Morgan fingerprint density at radius 2 is 2.08 bits per heavy atom. The van der Waals surface area contributed by atoms with Gasteiger partial charge < -0.3 is 15.8 Å². The van der Waals surface area contributed by atoms with Gasteiger partial charge in [0, 0.05) is 17.0 Å². The molecule has 0 spiro atoms. The van der Waals surface area contributed by atoms with Crippen LogP contribution in [-0.2, 0) is 13.0 Å². The fraction of sp³-hybridized carbons (Fsp3) is 0.353. The third-order valence-corrected chi connectivity index (χ3v) is 4.23. The van der Waals surface area contributed by atoms with E-state index in [1.165, 1.54) is 4.88 Å². The molecule has 0 amide bonds. The lowest BCUT2D eigenvalue weighted by molar-refractivity contribution is -0.153. The van der Waals surface area contributed by atoms with E-state index in [-0.39, 0.29) is 42.2 Å². The molecule has 0 bridgehead atoms. The number of halogens is 4. The lowest BCUT2D eigenvalue weighted by Crippen LogP contribution is -2.33. The number of aliphatic imine (C=N–C) groups is 1. The van der Waals surface area contributed by atoms with Crippen LogP contribution >= 0.6 is 35.3 Å². The van der Waals surface area contributed by atoms with E-state index >= 15 is 0 Å². The van der Waals surface area contributed by atoms with Gasteiger partial charge in [0.1, 0.15) is 5.75 Å². The van der Waals surface area contributed by atoms with E-state index < -0.39 is 12.8 Å². The van der Waals surface area contributed by atoms with Crippen LogP contribution in [-0.4, -0.2) is 25.3 Å². The molecular weight excluding hydrogens is 478 g/mol. The van der Waals surface area contributed by atoms with Gasteiger partial charge in [0.15, 0.2) is 12.6 Å². The minimum absolute atomic E-state index is 0. The number of hydrogen-bond donors (Lipinski definition) is 2. The third-order valence-electron chi connectivity index (χ3n) is 3.29. The van der Waals surface area contributed by atoms with Crippen molar-refractivity contribution in [1.29, 1.82) is 0 Å². The zero-order valence-electron chi connectivity index (χ0n) is 14.2. The second-order valence-corrected chi connectivity index (χ2v) is 6.50. The number of nitrogens with one attached hydrogen (secondary N) is 1. The summed E-state index contributed by atoms with van der Waals surface area (Å²) in [6, 6.07) is 9.08. The lowest BCUT2D eigenvalue weighted by Gasteiger charge is -2.13. The molecule has 0 saturated heterocycles. The second-order valence-electron chi connectivity index (χ2n) is 5.47. The molecule has 26 heavy (non-hydrogen) atoms. The summed E-state index contributed by atoms with van der Waals surface area (Å²) in [4.78, 5) is 5.41. The molecule has 0 radical (unpaired) electrons. The highest BCUT2D eigenvalue weighted by molar-refractivity contribution is 14.0. The van der Waals surface area contributed by atoms with Gasteiger partial charge in [0.05, 0.1) is 6.54 Å². The number of benzene rings is 1. The molecule has 4 nitrogen and oxygen atoms in total. The minimum atomic E-state index is -4.38. The van der Waals surface area contributed by atoms with Crippen LogP contribution in [0, 0.1) is 6.92 Å². The van der Waals surface area contributed by atoms with Crippen molar-refractivity contribution in [1.82, 2.24) is 5.32 Å². The Balaban J connectivity index is 0.00000338. The molecule has 3 N–H and O–H groups in total. The third kappa shape index (κ3) is 8.26. The first-order chi connectivity index (χ1) is 11.8. The van der Waals surface area contributed by atoms with Crippen LogP contribution in [0.2, 0.25) is 0 Å². The molecule has 144 valence electrons. The number of hydrogen-bond acceptors (Lipinski definition) is 3. The molecular formula is C17H21F3IN3OS. The van der Waals surface area contributed by atoms with Crippen LogP contribution in [0.4, 0.5) is 13.2 Å². The predicted octanol–water partition coefficient (Wildman–Crippen LogP) is 4.26. The van der Waals surface area contributed by atoms with E-state index in [1.54, 1.807) is 36.5 Å². The quantitative estimate of drug-likeness (QED) is 0.340. The van der Waals surface area contributed by atoms with Gasteiger partial charge in [-0.2, -0.15) is 13.2 Å². The zero-order chi connectivity index (χ0) is 18.3. The number of aryl methyl sites for hydroxylation is 1. The highest BCUT2D eigenvalue weighted by Gasteiger charge is 2.28. The summed E-state index contributed by atoms with van der Waals surface area (Å²) in [5.74, 6) is 0.423. The summed E-state index contributed by atoms with van der Waals surface area (Å²) in [5.41, 5.74) is 7.17. The number of guanidine groups is 1. The topological polar surface area (TPSA) is 59.6 Å². The standard InChI is InChI=1S/C17H20F3N3OS.HI/c1-12-4-5-13(15(9-12)24-11-17(18,19)20)10-23-16(21)22-7-6-14-3-2-8-25-14;/h2-5,8-9H,6-7,10-11H2,1H3,(H3,21,22,23);1H. The fourth-order valence-corrected chi connectivity index (χ4v) is 2.79. The maximum absolute atomic E-state index is 12.4. The molecule has 0 aliphatic heterocycles. The number of nitrogens with two attached hydrogens (primary N) is 1. The van der Waals surface area contributed by atoms with E-state index in [0.29, 0.717) is 12.1 Å². The van der Waals surface area contributed by atoms with Crippen LogP contribution < -0.4 is 15.8 Å². The van der Waals surface area contributed by atoms with E-state index in [4.69, 9.17) is 10.5 Å². The number of ether oxygens (including phenoxy) is 1. The molecule has 2 rings (SSSR count). The molecule has 1 aromatic heterocycles. The van der Waals surface area contributed by atoms with Gasteiger partial charge in [0.2, 0.25) is 0 Å². The zero-order valence-corrected chi connectivity index (χ0v) is 17.3. The van der Waals surface area contributed by atoms with Gasteiger partial charge in [-0.05, 0) is 36.4 Å². The Labute approximate surface area is 171 Å². The molecule has 0 atom stereocenters. The molecule has 1 aromatic carbocycles. The van der Waals surface area contributed by atoms with Crippen LogP contribution in [0.3, 0.4) is 0 Å². The van der Waals surface area contributed by atoms with Gasteiger partial charge >= 0.3 is 6.18 Å². The van der Waals surface area contributed by atoms with Crippen LogP contribution in [0.1, 0.15) is 16.0 Å². The number of rotatable bonds is 7. The van der Waals surface area contributed by atoms with Crippen LogP contribution in [0.25, 0.3) is 0 Å². The first kappa shape index (κ1) is 22.6. The Kier molecular flexibility index (Phi) is 9.20. The molecule has 9 heteroatoms. The van der Waals surface area contributed by atoms with E-state index in [9.17, 15) is 13.2 Å². The first-order valence-corrected chi connectivity index (χ1v) is 8.57. The van der Waals surface area contributed by atoms with E-state index in [0.717, 1.165) is 12.0 Å². The summed E-state index contributed by atoms with van der Waals surface area (Å²) in [7, 11) is 0. The Morgan fingerprint density at radius 1 is 1.31 bits per heavy atom. The SMILES string of the molecule is Cc1ccc(CN=C(N)NCCc2cccs2)c(OCC(F)(F)F)c1.I. The highest BCUT2D eigenvalue weighted by atomic mass is 127. The average Bonchev–Trinajstić information content (AvgIpc) is 3.04. The van der Waals surface area contributed by atoms with Crippen molar-refractivity contribution in [3.05, 3.63) is 51.7 Å². The minimum Gasteiger partial charge on any atom is -0.484 e. The number of thiophene rings is 1. The monoisotopic (exact) mass is 499 g/mol. The molecule has 0 saturated carbocycles. The van der Waals surface area contributed by atoms with Crippen molar-refractivity contribution in [2.75, 3.05) is 13.2 Å². The van der Waals surface area contributed by atoms with Gasteiger partial charge in [-0.25, -0.2) is 4.99 Å². The van der Waals surface area contributed by atoms with Gasteiger partial charge in [0.25, 0.3) is 0 Å². The second kappa shape index (κ2) is 10.6. The summed E-state index contributed by atoms with van der Waals surface area (Å²) < 4.78 is 42.0. The summed E-state index contributed by atoms with van der Waals surface area (Å²) in [6.07, 6.45) is -3.55. The molecule has 0 aliphatic carbocycles. The van der Waals surface area contributed by atoms with Crippen molar-refractivity contribution in [3.8, 4) is 5.75 Å². The Hall–Kier alpha value is -1.49. The Bertz CT molecular complexity index is 706. The van der Waals surface area contributed by atoms with Crippen LogP contribution in [0.15, 0.2) is 40.7 Å². The number of nitrogens with zero attached hydrogens (tertiary/aromatic N) is 1. The largest absolute Gasteiger partial charge is 0.484 e. The van der Waals surface area contributed by atoms with Crippen molar-refractivity contribution >= 4 is 41.3 Å². The number of alkyl halides is 3. The maximum Gasteiger partial charge on any atom is 0.422 e. The van der Waals surface area contributed by atoms with Crippen molar-refractivity contribution in [2.24, 2.45) is 10.7 Å². The van der Waals surface area contributed by atoms with Crippen molar-refractivity contribution in [3.63, 3.8) is 0 Å². The normalized spacial score (nSPS) is 11.8. The Morgan fingerprint density at radius 3 is 2.73 bits per heavy atom. The van der Waals surface area contributed by atoms with Gasteiger partial charge in [-0.3, -0.25) is 0 Å². The summed E-state index contributed by atoms with van der Waals surface area (Å²) in [5, 5.41) is 5.00. The molecule has 2 aromatic rings. The van der Waals surface area contributed by atoms with Gasteiger partial charge in [-0.1, -0.05) is 18.2 Å². The van der Waals surface area contributed by atoms with E-state index in [1.807, 2.05) is 17.5 Å². The molecule has 0 unspecified atom stereocenters. The average molecular weight is 499 g/mol. The van der Waals surface area contributed by atoms with Crippen molar-refractivity contribution in [2.45, 2.75) is 26.1 Å². The lowest BCUT2D eigenvalue weighted by atomic mass is 10.1. The van der Waals surface area contributed by atoms with Gasteiger partial charge in [-0.15, -0.1) is 35.3 Å². The van der Waals surface area contributed by atoms with Crippen molar-refractivity contribution < 1.29 is 17.9 Å². The fourth-order valence-electron chi connectivity index (χ4n) is 2.08. The predicted molar refractivity (Wildman–Crippen MR) is 109 cm³/mol. The molecule has 0 aliphatic rings. The highest BCUT2D eigenvalue weighted by Crippen LogP contribution is 2.24. The molecule has 0 fully saturated rings. The molecule has 1 heterocycles. The summed E-state index contributed by atoms with van der Waals surface area (Å²) >= 11 is 1.67. The van der Waals surface area contributed by atoms with Crippen LogP contribution in [0.5, 0.6) is 5.75 Å². The maximum atomic E-state index is 12.4.